The smallest absolute Gasteiger partial charge is 0.271 e. The first-order chi connectivity index (χ1) is 15.0. The number of carbonyl (C=O) groups is 1. The molecule has 0 fully saturated rings. The second kappa shape index (κ2) is 8.88. The standard InChI is InChI=1S/C26H29N3O2/c1-4-19-9-5-8-12-23(19)27-25(30)18(3)29-26(31)22-11-7-6-10-21(22)24(28-29)20-15-13-17(2)14-16-20/h5,8-9,12-16,18H,4,6-7,10-11H2,1-3H3,(H,27,30)/t18-/m1/s1. The fraction of sp³-hybridized carbons (Fsp3) is 0.346. The summed E-state index contributed by atoms with van der Waals surface area (Å²) in [6.07, 6.45) is 4.46. The van der Waals surface area contributed by atoms with Crippen LogP contribution in [-0.4, -0.2) is 15.7 Å². The van der Waals surface area contributed by atoms with Crippen LogP contribution in [0.25, 0.3) is 11.3 Å². The summed E-state index contributed by atoms with van der Waals surface area (Å²) in [7, 11) is 0. The van der Waals surface area contributed by atoms with E-state index in [9.17, 15) is 9.59 Å². The highest BCUT2D eigenvalue weighted by atomic mass is 16.2. The summed E-state index contributed by atoms with van der Waals surface area (Å²) in [5.74, 6) is -0.235. The van der Waals surface area contributed by atoms with Gasteiger partial charge < -0.3 is 5.32 Å². The summed E-state index contributed by atoms with van der Waals surface area (Å²) in [6, 6.07) is 15.2. The lowest BCUT2D eigenvalue weighted by Crippen LogP contribution is -2.37. The minimum Gasteiger partial charge on any atom is -0.324 e. The van der Waals surface area contributed by atoms with Crippen molar-refractivity contribution in [1.29, 1.82) is 0 Å². The van der Waals surface area contributed by atoms with Crippen molar-refractivity contribution < 1.29 is 4.79 Å². The zero-order valence-electron chi connectivity index (χ0n) is 18.4. The molecule has 3 aromatic rings. The molecule has 4 rings (SSSR count). The Morgan fingerprint density at radius 2 is 1.74 bits per heavy atom. The summed E-state index contributed by atoms with van der Waals surface area (Å²) in [4.78, 5) is 26.4. The minimum absolute atomic E-state index is 0.142. The third-order valence-corrected chi connectivity index (χ3v) is 6.16. The minimum atomic E-state index is -0.714. The fourth-order valence-corrected chi connectivity index (χ4v) is 4.26. The molecule has 1 atom stereocenters. The molecule has 5 heteroatoms. The van der Waals surface area contributed by atoms with Crippen LogP contribution >= 0.6 is 0 Å². The molecule has 5 nitrogen and oxygen atoms in total. The van der Waals surface area contributed by atoms with Gasteiger partial charge in [-0.2, -0.15) is 5.10 Å². The molecule has 31 heavy (non-hydrogen) atoms. The summed E-state index contributed by atoms with van der Waals surface area (Å²) < 4.78 is 1.38. The van der Waals surface area contributed by atoms with Gasteiger partial charge in [0.1, 0.15) is 6.04 Å². The van der Waals surface area contributed by atoms with Gasteiger partial charge in [0.25, 0.3) is 5.56 Å². The zero-order chi connectivity index (χ0) is 22.0. The van der Waals surface area contributed by atoms with Gasteiger partial charge >= 0.3 is 0 Å². The molecule has 0 saturated carbocycles. The average Bonchev–Trinajstić information content (AvgIpc) is 2.80. The Balaban J connectivity index is 1.75. The summed E-state index contributed by atoms with van der Waals surface area (Å²) in [5.41, 5.74) is 6.54. The second-order valence-corrected chi connectivity index (χ2v) is 8.30. The molecule has 1 aliphatic carbocycles. The Hall–Kier alpha value is -3.21. The number of para-hydroxylation sites is 1. The molecule has 0 aliphatic heterocycles. The van der Waals surface area contributed by atoms with E-state index in [1.165, 1.54) is 10.2 Å². The number of carbonyl (C=O) groups excluding carboxylic acids is 1. The largest absolute Gasteiger partial charge is 0.324 e. The van der Waals surface area contributed by atoms with E-state index in [2.05, 4.69) is 24.4 Å². The first kappa shape index (κ1) is 21.0. The van der Waals surface area contributed by atoms with Crippen LogP contribution in [0.2, 0.25) is 0 Å². The van der Waals surface area contributed by atoms with Crippen LogP contribution in [0.4, 0.5) is 5.69 Å². The SMILES string of the molecule is CCc1ccccc1NC(=O)[C@@H](C)n1nc(-c2ccc(C)cc2)c2c(c1=O)CCCC2. The van der Waals surface area contributed by atoms with Gasteiger partial charge in [-0.25, -0.2) is 4.68 Å². The second-order valence-electron chi connectivity index (χ2n) is 8.30. The van der Waals surface area contributed by atoms with E-state index in [4.69, 9.17) is 5.10 Å². The molecule has 0 bridgehead atoms. The highest BCUT2D eigenvalue weighted by molar-refractivity contribution is 5.94. The van der Waals surface area contributed by atoms with Crippen LogP contribution in [0.3, 0.4) is 0 Å². The van der Waals surface area contributed by atoms with Crippen molar-refractivity contribution in [3.63, 3.8) is 0 Å². The monoisotopic (exact) mass is 415 g/mol. The Kier molecular flexibility index (Phi) is 6.03. The maximum atomic E-state index is 13.3. The predicted molar refractivity (Wildman–Crippen MR) is 124 cm³/mol. The topological polar surface area (TPSA) is 64.0 Å². The van der Waals surface area contributed by atoms with E-state index in [1.54, 1.807) is 6.92 Å². The highest BCUT2D eigenvalue weighted by Crippen LogP contribution is 2.29. The quantitative estimate of drug-likeness (QED) is 0.647. The molecule has 0 radical (unpaired) electrons. The van der Waals surface area contributed by atoms with Crippen molar-refractivity contribution in [2.45, 2.75) is 58.9 Å². The molecule has 1 heterocycles. The molecule has 1 N–H and O–H groups in total. The lowest BCUT2D eigenvalue weighted by Gasteiger charge is -2.23. The number of rotatable bonds is 5. The zero-order valence-corrected chi connectivity index (χ0v) is 18.4. The molecule has 0 saturated heterocycles. The number of fused-ring (bicyclic) bond motifs is 1. The van der Waals surface area contributed by atoms with Crippen molar-refractivity contribution in [2.24, 2.45) is 0 Å². The number of anilines is 1. The van der Waals surface area contributed by atoms with E-state index in [0.29, 0.717) is 0 Å². The van der Waals surface area contributed by atoms with E-state index in [0.717, 1.165) is 65.7 Å². The Morgan fingerprint density at radius 3 is 2.45 bits per heavy atom. The molecule has 1 aliphatic rings. The van der Waals surface area contributed by atoms with Crippen LogP contribution in [0, 0.1) is 6.92 Å². The van der Waals surface area contributed by atoms with E-state index < -0.39 is 6.04 Å². The third kappa shape index (κ3) is 4.18. The van der Waals surface area contributed by atoms with Gasteiger partial charge in [-0.3, -0.25) is 9.59 Å². The molecule has 160 valence electrons. The number of aromatic nitrogens is 2. The maximum Gasteiger partial charge on any atom is 0.271 e. The van der Waals surface area contributed by atoms with Crippen LogP contribution in [-0.2, 0) is 24.1 Å². The lowest BCUT2D eigenvalue weighted by atomic mass is 9.89. The summed E-state index contributed by atoms with van der Waals surface area (Å²) >= 11 is 0. The number of aryl methyl sites for hydroxylation is 2. The molecule has 2 aromatic carbocycles. The molecule has 1 amide bonds. The van der Waals surface area contributed by atoms with Gasteiger partial charge in [0.05, 0.1) is 5.69 Å². The van der Waals surface area contributed by atoms with Crippen molar-refractivity contribution >= 4 is 11.6 Å². The number of hydrogen-bond donors (Lipinski definition) is 1. The van der Waals surface area contributed by atoms with Gasteiger partial charge in [-0.05, 0) is 63.1 Å². The van der Waals surface area contributed by atoms with Crippen LogP contribution in [0.5, 0.6) is 0 Å². The number of nitrogens with one attached hydrogen (secondary N) is 1. The van der Waals surface area contributed by atoms with Crippen molar-refractivity contribution in [1.82, 2.24) is 9.78 Å². The molecule has 1 aromatic heterocycles. The van der Waals surface area contributed by atoms with Crippen LogP contribution in [0.15, 0.2) is 53.3 Å². The van der Waals surface area contributed by atoms with Gasteiger partial charge in [0.15, 0.2) is 0 Å². The Labute approximate surface area is 183 Å². The summed E-state index contributed by atoms with van der Waals surface area (Å²) in [6.45, 7) is 5.85. The van der Waals surface area contributed by atoms with Crippen LogP contribution < -0.4 is 10.9 Å². The van der Waals surface area contributed by atoms with Crippen molar-refractivity contribution in [3.8, 4) is 11.3 Å². The van der Waals surface area contributed by atoms with Gasteiger partial charge in [-0.15, -0.1) is 0 Å². The summed E-state index contributed by atoms with van der Waals surface area (Å²) in [5, 5.41) is 7.73. The first-order valence-electron chi connectivity index (χ1n) is 11.1. The molecule has 0 spiro atoms. The fourth-order valence-electron chi connectivity index (χ4n) is 4.26. The Bertz CT molecular complexity index is 1160. The van der Waals surface area contributed by atoms with Gasteiger partial charge in [0.2, 0.25) is 5.91 Å². The number of amides is 1. The third-order valence-electron chi connectivity index (χ3n) is 6.16. The van der Waals surface area contributed by atoms with Crippen molar-refractivity contribution in [2.75, 3.05) is 5.32 Å². The number of benzene rings is 2. The maximum absolute atomic E-state index is 13.3. The number of nitrogens with zero attached hydrogens (tertiary/aromatic N) is 2. The molecular formula is C26H29N3O2. The van der Waals surface area contributed by atoms with Gasteiger partial charge in [0, 0.05) is 16.8 Å². The van der Waals surface area contributed by atoms with E-state index in [-0.39, 0.29) is 11.5 Å². The van der Waals surface area contributed by atoms with Crippen LogP contribution in [0.1, 0.15) is 55.0 Å². The normalized spacial score (nSPS) is 14.0. The lowest BCUT2D eigenvalue weighted by molar-refractivity contribution is -0.119. The van der Waals surface area contributed by atoms with E-state index in [1.807, 2.05) is 43.3 Å². The predicted octanol–water partition coefficient (Wildman–Crippen LogP) is 4.86. The first-order valence-corrected chi connectivity index (χ1v) is 11.1. The van der Waals surface area contributed by atoms with E-state index >= 15 is 0 Å². The van der Waals surface area contributed by atoms with Crippen molar-refractivity contribution in [3.05, 3.63) is 81.1 Å². The van der Waals surface area contributed by atoms with Gasteiger partial charge in [-0.1, -0.05) is 55.0 Å². The highest BCUT2D eigenvalue weighted by Gasteiger charge is 2.26. The molecular weight excluding hydrogens is 386 g/mol. The number of hydrogen-bond acceptors (Lipinski definition) is 3. The Morgan fingerprint density at radius 1 is 1.06 bits per heavy atom. The molecule has 0 unspecified atom stereocenters. The average molecular weight is 416 g/mol.